The second-order valence-corrected chi connectivity index (χ2v) is 3.31. The third-order valence-electron chi connectivity index (χ3n) is 2.19. The largest absolute Gasteiger partial charge is 0.394 e. The van der Waals surface area contributed by atoms with Crippen LogP contribution in [0.4, 0.5) is 5.69 Å². The highest BCUT2D eigenvalue weighted by Gasteiger charge is 2.03. The van der Waals surface area contributed by atoms with Gasteiger partial charge in [0.05, 0.1) is 24.3 Å². The van der Waals surface area contributed by atoms with Gasteiger partial charge in [-0.1, -0.05) is 12.1 Å². The second-order valence-electron chi connectivity index (χ2n) is 3.31. The van der Waals surface area contributed by atoms with E-state index in [-0.39, 0.29) is 12.6 Å². The molecule has 0 saturated heterocycles. The molecule has 0 heterocycles. The summed E-state index contributed by atoms with van der Waals surface area (Å²) < 4.78 is 0. The topological polar surface area (TPSA) is 56.0 Å². The molecule has 0 radical (unpaired) electrons. The lowest BCUT2D eigenvalue weighted by Crippen LogP contribution is -2.20. The molecule has 2 N–H and O–H groups in total. The number of anilines is 1. The Bertz CT molecular complexity index is 393. The molecule has 0 saturated carbocycles. The van der Waals surface area contributed by atoms with Gasteiger partial charge in [-0.05, 0) is 24.6 Å². The first-order valence-corrected chi connectivity index (χ1v) is 4.72. The van der Waals surface area contributed by atoms with Crippen LogP contribution >= 0.6 is 0 Å². The van der Waals surface area contributed by atoms with Crippen LogP contribution in [0.25, 0.3) is 0 Å². The van der Waals surface area contributed by atoms with Gasteiger partial charge in [0.1, 0.15) is 0 Å². The molecule has 1 unspecified atom stereocenters. The van der Waals surface area contributed by atoms with Crippen molar-refractivity contribution in [3.63, 3.8) is 0 Å². The van der Waals surface area contributed by atoms with E-state index >= 15 is 0 Å². The maximum atomic E-state index is 8.97. The number of hydrogen-bond donors (Lipinski definition) is 2. The molecule has 0 amide bonds. The number of hydrogen-bond acceptors (Lipinski definition) is 3. The second kappa shape index (κ2) is 5.18. The summed E-state index contributed by atoms with van der Waals surface area (Å²) >= 11 is 0. The molecule has 0 bridgehead atoms. The van der Waals surface area contributed by atoms with Gasteiger partial charge in [0.25, 0.3) is 0 Å². The molecule has 3 nitrogen and oxygen atoms in total. The standard InChI is InChI=1S/C12H14N2O/c1-3-11(8-15)14-12-5-4-9(2)10(6-12)7-13/h3-6,11,14-15H,1,8H2,2H3. The predicted molar refractivity (Wildman–Crippen MR) is 60.6 cm³/mol. The van der Waals surface area contributed by atoms with Crippen LogP contribution in [0.1, 0.15) is 11.1 Å². The van der Waals surface area contributed by atoms with Crippen molar-refractivity contribution in [3.8, 4) is 6.07 Å². The zero-order chi connectivity index (χ0) is 11.3. The number of aliphatic hydroxyl groups is 1. The van der Waals surface area contributed by atoms with E-state index in [2.05, 4.69) is 18.0 Å². The molecule has 0 fully saturated rings. The van der Waals surface area contributed by atoms with Crippen molar-refractivity contribution in [2.45, 2.75) is 13.0 Å². The molecule has 78 valence electrons. The van der Waals surface area contributed by atoms with Crippen LogP contribution in [-0.2, 0) is 0 Å². The smallest absolute Gasteiger partial charge is 0.0995 e. The van der Waals surface area contributed by atoms with Gasteiger partial charge >= 0.3 is 0 Å². The first kappa shape index (κ1) is 11.3. The third kappa shape index (κ3) is 2.83. The lowest BCUT2D eigenvalue weighted by atomic mass is 10.1. The molecule has 0 aliphatic heterocycles. The molecule has 0 aromatic heterocycles. The van der Waals surface area contributed by atoms with Gasteiger partial charge in [-0.25, -0.2) is 0 Å². The Balaban J connectivity index is 2.88. The summed E-state index contributed by atoms with van der Waals surface area (Å²) in [6.07, 6.45) is 1.63. The molecule has 1 rings (SSSR count). The highest BCUT2D eigenvalue weighted by atomic mass is 16.3. The van der Waals surface area contributed by atoms with Crippen molar-refractivity contribution >= 4 is 5.69 Å². The summed E-state index contributed by atoms with van der Waals surface area (Å²) in [4.78, 5) is 0. The Morgan fingerprint density at radius 2 is 2.40 bits per heavy atom. The Morgan fingerprint density at radius 3 is 2.93 bits per heavy atom. The normalized spacial score (nSPS) is 11.5. The van der Waals surface area contributed by atoms with Crippen LogP contribution in [0.5, 0.6) is 0 Å². The minimum Gasteiger partial charge on any atom is -0.394 e. The zero-order valence-electron chi connectivity index (χ0n) is 8.70. The zero-order valence-corrected chi connectivity index (χ0v) is 8.70. The molecule has 1 aromatic carbocycles. The Labute approximate surface area is 89.7 Å². The maximum Gasteiger partial charge on any atom is 0.0995 e. The molecule has 3 heteroatoms. The lowest BCUT2D eigenvalue weighted by molar-refractivity contribution is 0.291. The minimum absolute atomic E-state index is 0.0146. The number of nitrogens with one attached hydrogen (secondary N) is 1. The minimum atomic E-state index is -0.181. The van der Waals surface area contributed by atoms with E-state index in [1.165, 1.54) is 0 Å². The van der Waals surface area contributed by atoms with E-state index in [1.54, 1.807) is 12.1 Å². The van der Waals surface area contributed by atoms with E-state index in [0.717, 1.165) is 11.3 Å². The number of aryl methyl sites for hydroxylation is 1. The van der Waals surface area contributed by atoms with Crippen molar-refractivity contribution in [1.82, 2.24) is 0 Å². The van der Waals surface area contributed by atoms with E-state index in [1.807, 2.05) is 19.1 Å². The molecule has 1 aromatic rings. The van der Waals surface area contributed by atoms with Gasteiger partial charge in [0.15, 0.2) is 0 Å². The SMILES string of the molecule is C=CC(CO)Nc1ccc(C)c(C#N)c1. The fourth-order valence-corrected chi connectivity index (χ4v) is 1.23. The average Bonchev–Trinajstić information content (AvgIpc) is 2.28. The molecule has 0 aliphatic carbocycles. The average molecular weight is 202 g/mol. The van der Waals surface area contributed by atoms with Crippen molar-refractivity contribution in [3.05, 3.63) is 42.0 Å². The van der Waals surface area contributed by atoms with Crippen LogP contribution in [0.2, 0.25) is 0 Å². The summed E-state index contributed by atoms with van der Waals surface area (Å²) in [6, 6.07) is 7.45. The fraction of sp³-hybridized carbons (Fsp3) is 0.250. The van der Waals surface area contributed by atoms with Crippen LogP contribution < -0.4 is 5.32 Å². The molecule has 0 spiro atoms. The molecule has 0 aliphatic rings. The molecule has 1 atom stereocenters. The van der Waals surface area contributed by atoms with Crippen molar-refractivity contribution in [1.29, 1.82) is 5.26 Å². The van der Waals surface area contributed by atoms with Crippen molar-refractivity contribution in [2.75, 3.05) is 11.9 Å². The third-order valence-corrected chi connectivity index (χ3v) is 2.19. The van der Waals surface area contributed by atoms with Crippen molar-refractivity contribution in [2.24, 2.45) is 0 Å². The van der Waals surface area contributed by atoms with Gasteiger partial charge in [0.2, 0.25) is 0 Å². The Morgan fingerprint density at radius 1 is 1.67 bits per heavy atom. The monoisotopic (exact) mass is 202 g/mol. The lowest BCUT2D eigenvalue weighted by Gasteiger charge is -2.13. The predicted octanol–water partition coefficient (Wildman–Crippen LogP) is 1.83. The van der Waals surface area contributed by atoms with E-state index in [4.69, 9.17) is 10.4 Å². The van der Waals surface area contributed by atoms with Gasteiger partial charge in [-0.2, -0.15) is 5.26 Å². The Hall–Kier alpha value is -1.79. The first-order valence-electron chi connectivity index (χ1n) is 4.72. The fourth-order valence-electron chi connectivity index (χ4n) is 1.23. The van der Waals surface area contributed by atoms with Gasteiger partial charge < -0.3 is 10.4 Å². The molecule has 15 heavy (non-hydrogen) atoms. The summed E-state index contributed by atoms with van der Waals surface area (Å²) in [5.74, 6) is 0. The summed E-state index contributed by atoms with van der Waals surface area (Å²) in [6.45, 7) is 5.47. The number of aliphatic hydroxyl groups excluding tert-OH is 1. The van der Waals surface area contributed by atoms with Crippen molar-refractivity contribution < 1.29 is 5.11 Å². The number of nitriles is 1. The van der Waals surface area contributed by atoms with Crippen LogP contribution in [-0.4, -0.2) is 17.8 Å². The highest BCUT2D eigenvalue weighted by molar-refractivity contribution is 5.53. The van der Waals surface area contributed by atoms with Gasteiger partial charge in [-0.15, -0.1) is 6.58 Å². The maximum absolute atomic E-state index is 8.97. The number of benzene rings is 1. The first-order chi connectivity index (χ1) is 7.21. The molecular formula is C12H14N2O. The van der Waals surface area contributed by atoms with Crippen LogP contribution in [0.3, 0.4) is 0 Å². The molecular weight excluding hydrogens is 188 g/mol. The van der Waals surface area contributed by atoms with Crippen LogP contribution in [0, 0.1) is 18.3 Å². The van der Waals surface area contributed by atoms with E-state index in [9.17, 15) is 0 Å². The van der Waals surface area contributed by atoms with Crippen LogP contribution in [0.15, 0.2) is 30.9 Å². The summed E-state index contributed by atoms with van der Waals surface area (Å²) in [7, 11) is 0. The van der Waals surface area contributed by atoms with Gasteiger partial charge in [-0.3, -0.25) is 0 Å². The Kier molecular flexibility index (Phi) is 3.90. The highest BCUT2D eigenvalue weighted by Crippen LogP contribution is 2.15. The number of rotatable bonds is 4. The van der Waals surface area contributed by atoms with Gasteiger partial charge in [0, 0.05) is 5.69 Å². The van der Waals surface area contributed by atoms with E-state index < -0.39 is 0 Å². The summed E-state index contributed by atoms with van der Waals surface area (Å²) in [5, 5.41) is 20.9. The van der Waals surface area contributed by atoms with E-state index in [0.29, 0.717) is 5.56 Å². The number of nitrogens with zero attached hydrogens (tertiary/aromatic N) is 1. The quantitative estimate of drug-likeness (QED) is 0.732. The summed E-state index contributed by atoms with van der Waals surface area (Å²) in [5.41, 5.74) is 2.40.